The van der Waals surface area contributed by atoms with E-state index in [9.17, 15) is 4.39 Å². The first kappa shape index (κ1) is 13.2. The molecule has 0 radical (unpaired) electrons. The molecule has 0 fully saturated rings. The molecule has 0 amide bonds. The Morgan fingerprint density at radius 1 is 1.05 bits per heavy atom. The first-order valence-electron chi connectivity index (χ1n) is 6.30. The minimum absolute atomic E-state index is 0.246. The molecule has 3 nitrogen and oxygen atoms in total. The molecule has 98 valence electrons. The summed E-state index contributed by atoms with van der Waals surface area (Å²) in [5.41, 5.74) is 3.72. The smallest absolute Gasteiger partial charge is 0.123 e. The minimum atomic E-state index is -0.246. The van der Waals surface area contributed by atoms with Gasteiger partial charge in [-0.1, -0.05) is 13.8 Å². The van der Waals surface area contributed by atoms with Gasteiger partial charge in [-0.05, 0) is 36.8 Å². The molecule has 0 aliphatic heterocycles. The monoisotopic (exact) mass is 257 g/mol. The number of nitrogens with zero attached hydrogens (tertiary/aromatic N) is 3. The molecule has 19 heavy (non-hydrogen) atoms. The van der Waals surface area contributed by atoms with Gasteiger partial charge in [-0.3, -0.25) is 4.98 Å². The second kappa shape index (κ2) is 5.61. The Labute approximate surface area is 111 Å². The molecule has 1 aromatic carbocycles. The minimum Gasteiger partial charge on any atom is -0.252 e. The van der Waals surface area contributed by atoms with Gasteiger partial charge in [0.1, 0.15) is 5.82 Å². The SMILES string of the molecule is CC.Cc1cnn2cc(-c3ccc(F)cc3)ncc12. The highest BCUT2D eigenvalue weighted by molar-refractivity contribution is 5.61. The summed E-state index contributed by atoms with van der Waals surface area (Å²) in [6, 6.07) is 6.27. The summed E-state index contributed by atoms with van der Waals surface area (Å²) in [5, 5.41) is 4.22. The fourth-order valence-electron chi connectivity index (χ4n) is 1.77. The third-order valence-electron chi connectivity index (χ3n) is 2.74. The van der Waals surface area contributed by atoms with Gasteiger partial charge in [0, 0.05) is 5.56 Å². The molecule has 3 aromatic rings. The van der Waals surface area contributed by atoms with Crippen molar-refractivity contribution in [2.45, 2.75) is 20.8 Å². The van der Waals surface area contributed by atoms with Crippen molar-refractivity contribution in [3.8, 4) is 11.3 Å². The highest BCUT2D eigenvalue weighted by atomic mass is 19.1. The van der Waals surface area contributed by atoms with Crippen LogP contribution in [-0.4, -0.2) is 14.6 Å². The molecule has 0 spiro atoms. The summed E-state index contributed by atoms with van der Waals surface area (Å²) in [5.74, 6) is -0.246. The maximum atomic E-state index is 12.8. The topological polar surface area (TPSA) is 30.2 Å². The van der Waals surface area contributed by atoms with Gasteiger partial charge in [0.05, 0.1) is 29.8 Å². The third kappa shape index (κ3) is 2.62. The molecule has 0 unspecified atom stereocenters. The Hall–Kier alpha value is -2.23. The van der Waals surface area contributed by atoms with E-state index in [1.165, 1.54) is 12.1 Å². The van der Waals surface area contributed by atoms with Crippen LogP contribution in [0.2, 0.25) is 0 Å². The van der Waals surface area contributed by atoms with Crippen LogP contribution in [-0.2, 0) is 0 Å². The maximum absolute atomic E-state index is 12.8. The van der Waals surface area contributed by atoms with E-state index in [1.54, 1.807) is 29.0 Å². The number of hydrogen-bond donors (Lipinski definition) is 0. The van der Waals surface area contributed by atoms with Crippen LogP contribution >= 0.6 is 0 Å². The summed E-state index contributed by atoms with van der Waals surface area (Å²) >= 11 is 0. The average molecular weight is 257 g/mol. The predicted octanol–water partition coefficient (Wildman–Crippen LogP) is 3.87. The predicted molar refractivity (Wildman–Crippen MR) is 74.5 cm³/mol. The molecule has 0 bridgehead atoms. The largest absolute Gasteiger partial charge is 0.252 e. The van der Waals surface area contributed by atoms with Crippen LogP contribution in [0.25, 0.3) is 16.8 Å². The number of fused-ring (bicyclic) bond motifs is 1. The van der Waals surface area contributed by atoms with Crippen molar-refractivity contribution < 1.29 is 4.39 Å². The van der Waals surface area contributed by atoms with Gasteiger partial charge in [-0.15, -0.1) is 0 Å². The third-order valence-corrected chi connectivity index (χ3v) is 2.74. The van der Waals surface area contributed by atoms with E-state index in [-0.39, 0.29) is 5.82 Å². The van der Waals surface area contributed by atoms with Crippen LogP contribution in [0.5, 0.6) is 0 Å². The van der Waals surface area contributed by atoms with Gasteiger partial charge in [-0.2, -0.15) is 5.10 Å². The fraction of sp³-hybridized carbons (Fsp3) is 0.200. The molecule has 4 heteroatoms. The molecule has 0 aliphatic rings. The zero-order valence-corrected chi connectivity index (χ0v) is 11.3. The first-order chi connectivity index (χ1) is 9.24. The van der Waals surface area contributed by atoms with Crippen molar-refractivity contribution in [3.63, 3.8) is 0 Å². The number of halogens is 1. The van der Waals surface area contributed by atoms with E-state index in [0.717, 1.165) is 22.3 Å². The van der Waals surface area contributed by atoms with Crippen LogP contribution in [0.1, 0.15) is 19.4 Å². The number of benzene rings is 1. The number of aryl methyl sites for hydroxylation is 1. The lowest BCUT2D eigenvalue weighted by molar-refractivity contribution is 0.628. The molecular weight excluding hydrogens is 241 g/mol. The van der Waals surface area contributed by atoms with Crippen LogP contribution in [0.3, 0.4) is 0 Å². The van der Waals surface area contributed by atoms with Crippen molar-refractivity contribution in [1.29, 1.82) is 0 Å². The standard InChI is InChI=1S/C13H10FN3.C2H6/c1-9-6-16-17-8-12(15-7-13(9)17)10-2-4-11(14)5-3-10;1-2/h2-8H,1H3;1-2H3. The van der Waals surface area contributed by atoms with E-state index in [2.05, 4.69) is 10.1 Å². The van der Waals surface area contributed by atoms with Crippen molar-refractivity contribution >= 4 is 5.52 Å². The molecule has 0 N–H and O–H groups in total. The van der Waals surface area contributed by atoms with Gasteiger partial charge in [-0.25, -0.2) is 8.91 Å². The molecular formula is C15H16FN3. The number of rotatable bonds is 1. The van der Waals surface area contributed by atoms with Crippen molar-refractivity contribution in [2.75, 3.05) is 0 Å². The van der Waals surface area contributed by atoms with Crippen LogP contribution in [0.15, 0.2) is 42.9 Å². The van der Waals surface area contributed by atoms with E-state index in [0.29, 0.717) is 0 Å². The average Bonchev–Trinajstić information content (AvgIpc) is 2.83. The normalized spacial score (nSPS) is 10.1. The van der Waals surface area contributed by atoms with Gasteiger partial charge >= 0.3 is 0 Å². The lowest BCUT2D eigenvalue weighted by atomic mass is 10.1. The molecule has 2 heterocycles. The van der Waals surface area contributed by atoms with E-state index >= 15 is 0 Å². The van der Waals surface area contributed by atoms with E-state index in [1.807, 2.05) is 27.0 Å². The van der Waals surface area contributed by atoms with Crippen molar-refractivity contribution in [3.05, 3.63) is 54.2 Å². The fourth-order valence-corrected chi connectivity index (χ4v) is 1.77. The number of hydrogen-bond acceptors (Lipinski definition) is 2. The maximum Gasteiger partial charge on any atom is 0.123 e. The summed E-state index contributed by atoms with van der Waals surface area (Å²) in [6.07, 6.45) is 5.42. The molecule has 0 atom stereocenters. The molecule has 0 saturated carbocycles. The van der Waals surface area contributed by atoms with Gasteiger partial charge < -0.3 is 0 Å². The van der Waals surface area contributed by atoms with Crippen molar-refractivity contribution in [2.24, 2.45) is 0 Å². The summed E-state index contributed by atoms with van der Waals surface area (Å²) < 4.78 is 14.6. The van der Waals surface area contributed by atoms with Crippen LogP contribution in [0.4, 0.5) is 4.39 Å². The lowest BCUT2D eigenvalue weighted by Gasteiger charge is -2.01. The molecule has 0 aliphatic carbocycles. The second-order valence-electron chi connectivity index (χ2n) is 3.94. The van der Waals surface area contributed by atoms with Crippen molar-refractivity contribution in [1.82, 2.24) is 14.6 Å². The first-order valence-corrected chi connectivity index (χ1v) is 6.30. The van der Waals surface area contributed by atoms with Crippen LogP contribution in [0, 0.1) is 12.7 Å². The molecule has 0 saturated heterocycles. The Bertz CT molecular complexity index is 671. The zero-order valence-electron chi connectivity index (χ0n) is 11.3. The van der Waals surface area contributed by atoms with E-state index < -0.39 is 0 Å². The molecule has 3 rings (SSSR count). The Kier molecular flexibility index (Phi) is 3.90. The lowest BCUT2D eigenvalue weighted by Crippen LogP contribution is -1.92. The quantitative estimate of drug-likeness (QED) is 0.662. The van der Waals surface area contributed by atoms with Gasteiger partial charge in [0.15, 0.2) is 0 Å². The second-order valence-corrected chi connectivity index (χ2v) is 3.94. The summed E-state index contributed by atoms with van der Waals surface area (Å²) in [4.78, 5) is 4.36. The highest BCUT2D eigenvalue weighted by Crippen LogP contribution is 2.18. The van der Waals surface area contributed by atoms with Gasteiger partial charge in [0.25, 0.3) is 0 Å². The Morgan fingerprint density at radius 2 is 1.74 bits per heavy atom. The Balaban J connectivity index is 0.000000637. The van der Waals surface area contributed by atoms with Crippen LogP contribution < -0.4 is 0 Å². The summed E-state index contributed by atoms with van der Waals surface area (Å²) in [6.45, 7) is 5.99. The zero-order chi connectivity index (χ0) is 13.8. The number of aromatic nitrogens is 3. The van der Waals surface area contributed by atoms with Gasteiger partial charge in [0.2, 0.25) is 0 Å². The molecule has 2 aromatic heterocycles. The Morgan fingerprint density at radius 3 is 2.42 bits per heavy atom. The summed E-state index contributed by atoms with van der Waals surface area (Å²) in [7, 11) is 0. The van der Waals surface area contributed by atoms with E-state index in [4.69, 9.17) is 0 Å². The highest BCUT2D eigenvalue weighted by Gasteiger charge is 2.04.